The van der Waals surface area contributed by atoms with Gasteiger partial charge in [-0.15, -0.1) is 0 Å². The molecular formula is C20H28O5. The number of ether oxygens (including phenoxy) is 3. The molecule has 0 radical (unpaired) electrons. The van der Waals surface area contributed by atoms with E-state index in [2.05, 4.69) is 39.0 Å². The average Bonchev–Trinajstić information content (AvgIpc) is 2.56. The molecule has 1 aromatic carbocycles. The highest BCUT2D eigenvalue weighted by atomic mass is 16.5. The quantitative estimate of drug-likeness (QED) is 0.498. The van der Waals surface area contributed by atoms with Crippen molar-refractivity contribution >= 4 is 11.9 Å². The minimum atomic E-state index is -0.409. The predicted molar refractivity (Wildman–Crippen MR) is 96.6 cm³/mol. The van der Waals surface area contributed by atoms with Crippen molar-refractivity contribution in [3.05, 3.63) is 42.5 Å². The van der Waals surface area contributed by atoms with Crippen molar-refractivity contribution in [1.29, 1.82) is 0 Å². The Morgan fingerprint density at radius 2 is 1.60 bits per heavy atom. The summed E-state index contributed by atoms with van der Waals surface area (Å²) in [5.41, 5.74) is 0.185. The lowest BCUT2D eigenvalue weighted by atomic mass is 9.76. The van der Waals surface area contributed by atoms with Gasteiger partial charge in [0.1, 0.15) is 5.75 Å². The maximum atomic E-state index is 11.4. The number of hydrogen-bond donors (Lipinski definition) is 0. The molecule has 1 aromatic rings. The largest absolute Gasteiger partial charge is 0.493 e. The van der Waals surface area contributed by atoms with E-state index in [9.17, 15) is 9.59 Å². The molecule has 0 aliphatic carbocycles. The Hall–Kier alpha value is -2.30. The van der Waals surface area contributed by atoms with Crippen LogP contribution >= 0.6 is 0 Å². The van der Waals surface area contributed by atoms with Crippen LogP contribution in [0.25, 0.3) is 0 Å². The predicted octanol–water partition coefficient (Wildman–Crippen LogP) is 4.02. The Morgan fingerprint density at radius 3 is 2.12 bits per heavy atom. The molecule has 0 saturated heterocycles. The van der Waals surface area contributed by atoms with Crippen LogP contribution < -0.4 is 4.74 Å². The average molecular weight is 348 g/mol. The third kappa shape index (κ3) is 7.42. The summed E-state index contributed by atoms with van der Waals surface area (Å²) < 4.78 is 15.7. The Bertz CT molecular complexity index is 599. The van der Waals surface area contributed by atoms with Gasteiger partial charge in [-0.3, -0.25) is 0 Å². The SMILES string of the molecule is C=CC(=O)OCC(C)(C)CC(C)(C)COc1ccc(C(=O)OC)cc1. The molecular weight excluding hydrogens is 320 g/mol. The molecule has 25 heavy (non-hydrogen) atoms. The monoisotopic (exact) mass is 348 g/mol. The van der Waals surface area contributed by atoms with Crippen LogP contribution in [0.2, 0.25) is 0 Å². The van der Waals surface area contributed by atoms with E-state index in [0.717, 1.165) is 6.42 Å². The van der Waals surface area contributed by atoms with Gasteiger partial charge in [-0.1, -0.05) is 34.3 Å². The van der Waals surface area contributed by atoms with Gasteiger partial charge in [-0.25, -0.2) is 9.59 Å². The van der Waals surface area contributed by atoms with Gasteiger partial charge < -0.3 is 14.2 Å². The van der Waals surface area contributed by atoms with Gasteiger partial charge in [-0.2, -0.15) is 0 Å². The van der Waals surface area contributed by atoms with E-state index in [1.165, 1.54) is 13.2 Å². The van der Waals surface area contributed by atoms with Crippen molar-refractivity contribution in [3.8, 4) is 5.75 Å². The first kappa shape index (κ1) is 20.7. The maximum absolute atomic E-state index is 11.4. The number of methoxy groups -OCH3 is 1. The summed E-state index contributed by atoms with van der Waals surface area (Å²) in [4.78, 5) is 22.7. The zero-order chi connectivity index (χ0) is 19.1. The molecule has 0 fully saturated rings. The van der Waals surface area contributed by atoms with Gasteiger partial charge in [0.15, 0.2) is 0 Å². The molecule has 0 amide bonds. The molecule has 0 aliphatic heterocycles. The van der Waals surface area contributed by atoms with E-state index >= 15 is 0 Å². The Balaban J connectivity index is 2.58. The summed E-state index contributed by atoms with van der Waals surface area (Å²) >= 11 is 0. The number of carbonyl (C=O) groups is 2. The van der Waals surface area contributed by atoms with Crippen molar-refractivity contribution in [2.75, 3.05) is 20.3 Å². The van der Waals surface area contributed by atoms with Gasteiger partial charge >= 0.3 is 11.9 Å². The number of esters is 2. The lowest BCUT2D eigenvalue weighted by Crippen LogP contribution is -2.32. The summed E-state index contributed by atoms with van der Waals surface area (Å²) in [5, 5.41) is 0. The Labute approximate surface area is 150 Å². The van der Waals surface area contributed by atoms with Crippen LogP contribution in [-0.2, 0) is 14.3 Å². The molecule has 0 spiro atoms. The molecule has 0 bridgehead atoms. The van der Waals surface area contributed by atoms with Crippen molar-refractivity contribution in [3.63, 3.8) is 0 Å². The summed E-state index contributed by atoms with van der Waals surface area (Å²) in [7, 11) is 1.35. The second-order valence-electron chi connectivity index (χ2n) is 7.62. The number of carbonyl (C=O) groups excluding carboxylic acids is 2. The fourth-order valence-corrected chi connectivity index (χ4v) is 2.81. The Kier molecular flexibility index (Phi) is 7.22. The van der Waals surface area contributed by atoms with Crippen LogP contribution in [-0.4, -0.2) is 32.3 Å². The maximum Gasteiger partial charge on any atom is 0.337 e. The van der Waals surface area contributed by atoms with Gasteiger partial charge in [0, 0.05) is 6.08 Å². The van der Waals surface area contributed by atoms with Crippen LogP contribution in [0.15, 0.2) is 36.9 Å². The molecule has 138 valence electrons. The zero-order valence-corrected chi connectivity index (χ0v) is 15.8. The van der Waals surface area contributed by atoms with E-state index in [-0.39, 0.29) is 16.8 Å². The van der Waals surface area contributed by atoms with Gasteiger partial charge in [-0.05, 0) is 41.5 Å². The number of hydrogen-bond acceptors (Lipinski definition) is 5. The number of benzene rings is 1. The third-order valence-corrected chi connectivity index (χ3v) is 3.63. The normalized spacial score (nSPS) is 11.6. The Morgan fingerprint density at radius 1 is 1.04 bits per heavy atom. The minimum Gasteiger partial charge on any atom is -0.493 e. The van der Waals surface area contributed by atoms with Crippen LogP contribution in [0.3, 0.4) is 0 Å². The second-order valence-corrected chi connectivity index (χ2v) is 7.62. The topological polar surface area (TPSA) is 61.8 Å². The van der Waals surface area contributed by atoms with Crippen molar-refractivity contribution in [2.24, 2.45) is 10.8 Å². The van der Waals surface area contributed by atoms with E-state index in [4.69, 9.17) is 9.47 Å². The van der Waals surface area contributed by atoms with Gasteiger partial charge in [0.05, 0.1) is 25.9 Å². The molecule has 5 nitrogen and oxygen atoms in total. The van der Waals surface area contributed by atoms with E-state index in [1.54, 1.807) is 24.3 Å². The van der Waals surface area contributed by atoms with E-state index in [0.29, 0.717) is 24.5 Å². The van der Waals surface area contributed by atoms with E-state index in [1.807, 2.05) is 0 Å². The molecule has 0 atom stereocenters. The highest BCUT2D eigenvalue weighted by Crippen LogP contribution is 2.34. The van der Waals surface area contributed by atoms with Crippen LogP contribution in [0.4, 0.5) is 0 Å². The highest BCUT2D eigenvalue weighted by molar-refractivity contribution is 5.89. The van der Waals surface area contributed by atoms with Crippen LogP contribution in [0.1, 0.15) is 44.5 Å². The lowest BCUT2D eigenvalue weighted by Gasteiger charge is -2.34. The minimum absolute atomic E-state index is 0.120. The molecule has 0 heterocycles. The summed E-state index contributed by atoms with van der Waals surface area (Å²) in [6.07, 6.45) is 1.98. The van der Waals surface area contributed by atoms with Crippen LogP contribution in [0.5, 0.6) is 5.75 Å². The molecule has 0 aliphatic rings. The molecule has 1 rings (SSSR count). The first-order valence-electron chi connectivity index (χ1n) is 8.19. The smallest absolute Gasteiger partial charge is 0.337 e. The first-order chi connectivity index (χ1) is 11.6. The third-order valence-electron chi connectivity index (χ3n) is 3.63. The molecule has 5 heteroatoms. The first-order valence-corrected chi connectivity index (χ1v) is 8.19. The van der Waals surface area contributed by atoms with Crippen molar-refractivity contribution in [1.82, 2.24) is 0 Å². The second kappa shape index (κ2) is 8.70. The zero-order valence-electron chi connectivity index (χ0n) is 15.8. The lowest BCUT2D eigenvalue weighted by molar-refractivity contribution is -0.141. The molecule has 0 N–H and O–H groups in total. The molecule has 0 unspecified atom stereocenters. The van der Waals surface area contributed by atoms with Gasteiger partial charge in [0.2, 0.25) is 0 Å². The van der Waals surface area contributed by atoms with Crippen LogP contribution in [0, 0.1) is 10.8 Å². The van der Waals surface area contributed by atoms with Crippen molar-refractivity contribution in [2.45, 2.75) is 34.1 Å². The molecule has 0 saturated carbocycles. The van der Waals surface area contributed by atoms with Gasteiger partial charge in [0.25, 0.3) is 0 Å². The fraction of sp³-hybridized carbons (Fsp3) is 0.500. The molecule has 0 aromatic heterocycles. The summed E-state index contributed by atoms with van der Waals surface area (Å²) in [6.45, 7) is 12.5. The summed E-state index contributed by atoms with van der Waals surface area (Å²) in [6, 6.07) is 6.85. The van der Waals surface area contributed by atoms with Crippen molar-refractivity contribution < 1.29 is 23.8 Å². The fourth-order valence-electron chi connectivity index (χ4n) is 2.81. The standard InChI is InChI=1S/C20H28O5/c1-7-17(21)25-14-20(4,5)12-19(2,3)13-24-16-10-8-15(9-11-16)18(22)23-6/h7-11H,1,12-14H2,2-6H3. The number of rotatable bonds is 9. The highest BCUT2D eigenvalue weighted by Gasteiger charge is 2.30. The summed E-state index contributed by atoms with van der Waals surface area (Å²) in [5.74, 6) is -0.0906. The van der Waals surface area contributed by atoms with E-state index < -0.39 is 5.97 Å².